The van der Waals surface area contributed by atoms with Gasteiger partial charge in [0.05, 0.1) is 6.26 Å². The van der Waals surface area contributed by atoms with Gasteiger partial charge in [-0.1, -0.05) is 37.0 Å². The van der Waals surface area contributed by atoms with E-state index < -0.39 is 38.1 Å². The van der Waals surface area contributed by atoms with Crippen molar-refractivity contribution >= 4 is 33.3 Å². The first-order chi connectivity index (χ1) is 7.68. The second-order valence-corrected chi connectivity index (χ2v) is 8.13. The molecule has 0 amide bonds. The Morgan fingerprint density at radius 3 is 1.94 bits per heavy atom. The maximum atomic E-state index is 12.8. The Kier molecular flexibility index (Phi) is 3.99. The van der Waals surface area contributed by atoms with Crippen LogP contribution in [0.15, 0.2) is 0 Å². The summed E-state index contributed by atoms with van der Waals surface area (Å²) in [5.74, 6) is -0.663. The van der Waals surface area contributed by atoms with Gasteiger partial charge in [0.1, 0.15) is 6.10 Å². The second-order valence-electron chi connectivity index (χ2n) is 5.14. The van der Waals surface area contributed by atoms with E-state index in [0.29, 0.717) is 12.7 Å². The van der Waals surface area contributed by atoms with Crippen LogP contribution in [0.1, 0.15) is 20.3 Å². The maximum Gasteiger partial charge on any atom is 0.424 e. The van der Waals surface area contributed by atoms with E-state index >= 15 is 0 Å². The molecule has 0 aliphatic heterocycles. The van der Waals surface area contributed by atoms with E-state index in [1.165, 1.54) is 0 Å². The average molecular weight is 329 g/mol. The highest BCUT2D eigenvalue weighted by molar-refractivity contribution is 7.86. The van der Waals surface area contributed by atoms with Crippen LogP contribution in [-0.4, -0.2) is 31.3 Å². The summed E-state index contributed by atoms with van der Waals surface area (Å²) in [6.45, 7) is 3.38. The van der Waals surface area contributed by atoms with E-state index in [-0.39, 0.29) is 0 Å². The lowest BCUT2D eigenvalue weighted by Crippen LogP contribution is -2.49. The third-order valence-corrected chi connectivity index (χ3v) is 4.38. The van der Waals surface area contributed by atoms with E-state index in [2.05, 4.69) is 4.18 Å². The van der Waals surface area contributed by atoms with Gasteiger partial charge in [-0.25, -0.2) is 0 Å². The van der Waals surface area contributed by atoms with Crippen molar-refractivity contribution in [3.8, 4) is 0 Å². The van der Waals surface area contributed by atoms with Crippen molar-refractivity contribution in [3.05, 3.63) is 0 Å². The van der Waals surface area contributed by atoms with Crippen LogP contribution in [0, 0.1) is 11.3 Å². The topological polar surface area (TPSA) is 43.4 Å². The highest BCUT2D eigenvalue weighted by Gasteiger charge is 2.67. The van der Waals surface area contributed by atoms with Crippen molar-refractivity contribution in [3.63, 3.8) is 0 Å². The molecule has 0 bridgehead atoms. The van der Waals surface area contributed by atoms with Crippen LogP contribution in [0.3, 0.4) is 0 Å². The molecular formula is C9H13Cl2F3O3S. The van der Waals surface area contributed by atoms with Crippen molar-refractivity contribution < 1.29 is 25.8 Å². The molecule has 1 saturated carbocycles. The number of hydrogen-bond acceptors (Lipinski definition) is 3. The quantitative estimate of drug-likeness (QED) is 0.588. The zero-order valence-electron chi connectivity index (χ0n) is 9.88. The van der Waals surface area contributed by atoms with Gasteiger partial charge in [0.15, 0.2) is 0 Å². The minimum Gasteiger partial charge on any atom is -0.263 e. The molecule has 0 radical (unpaired) electrons. The van der Waals surface area contributed by atoms with Gasteiger partial charge in [-0.3, -0.25) is 4.18 Å². The Balaban J connectivity index is 3.07. The molecule has 0 heterocycles. The molecule has 2 unspecified atom stereocenters. The first-order valence-corrected chi connectivity index (χ1v) is 7.58. The van der Waals surface area contributed by atoms with Crippen LogP contribution in [0.5, 0.6) is 0 Å². The SMILES string of the molecule is CC1(C)CC1C(OS(C)(=O)=O)C(Cl)(Cl)C(F)(F)F. The van der Waals surface area contributed by atoms with E-state index in [0.717, 1.165) is 0 Å². The molecule has 1 aliphatic carbocycles. The summed E-state index contributed by atoms with van der Waals surface area (Å²) >= 11 is 10.6. The zero-order valence-corrected chi connectivity index (χ0v) is 12.2. The Hall–Kier alpha value is 0.280. The minimum absolute atomic E-state index is 0.366. The van der Waals surface area contributed by atoms with Crippen molar-refractivity contribution in [1.29, 1.82) is 0 Å². The third-order valence-electron chi connectivity index (χ3n) is 2.97. The lowest BCUT2D eigenvalue weighted by atomic mass is 10.0. The maximum absolute atomic E-state index is 12.8. The van der Waals surface area contributed by atoms with Crippen LogP contribution in [0.4, 0.5) is 13.2 Å². The molecule has 3 nitrogen and oxygen atoms in total. The summed E-state index contributed by atoms with van der Waals surface area (Å²) in [4.78, 5) is 0. The van der Waals surface area contributed by atoms with Crippen LogP contribution in [0.25, 0.3) is 0 Å². The molecule has 9 heteroatoms. The van der Waals surface area contributed by atoms with Gasteiger partial charge in [-0.05, 0) is 17.8 Å². The van der Waals surface area contributed by atoms with Gasteiger partial charge in [0.2, 0.25) is 4.33 Å². The third kappa shape index (κ3) is 3.43. The molecule has 0 aromatic rings. The molecule has 108 valence electrons. The largest absolute Gasteiger partial charge is 0.424 e. The van der Waals surface area contributed by atoms with Gasteiger partial charge in [0, 0.05) is 0 Å². The second kappa shape index (κ2) is 4.40. The number of hydrogen-bond donors (Lipinski definition) is 0. The fourth-order valence-corrected chi connectivity index (χ4v) is 2.91. The smallest absolute Gasteiger partial charge is 0.263 e. The predicted molar refractivity (Wildman–Crippen MR) is 62.1 cm³/mol. The average Bonchev–Trinajstić information content (AvgIpc) is 2.66. The van der Waals surface area contributed by atoms with Gasteiger partial charge in [-0.2, -0.15) is 21.6 Å². The number of alkyl halides is 5. The minimum atomic E-state index is -4.98. The normalized spacial score (nSPS) is 25.9. The molecule has 18 heavy (non-hydrogen) atoms. The highest BCUT2D eigenvalue weighted by atomic mass is 35.5. The summed E-state index contributed by atoms with van der Waals surface area (Å²) in [5, 5.41) is 0. The highest BCUT2D eigenvalue weighted by Crippen LogP contribution is 2.60. The standard InChI is InChI=1S/C9H13Cl2F3O3S/c1-7(2)4-5(7)6(17-18(3,15)16)8(10,11)9(12,13)14/h5-6H,4H2,1-3H3. The van der Waals surface area contributed by atoms with E-state index in [9.17, 15) is 21.6 Å². The van der Waals surface area contributed by atoms with E-state index in [1.54, 1.807) is 13.8 Å². The Bertz CT molecular complexity index is 431. The molecule has 0 aromatic carbocycles. The van der Waals surface area contributed by atoms with Crippen molar-refractivity contribution in [2.75, 3.05) is 6.26 Å². The Morgan fingerprint density at radius 2 is 1.72 bits per heavy atom. The van der Waals surface area contributed by atoms with Crippen LogP contribution < -0.4 is 0 Å². The lowest BCUT2D eigenvalue weighted by Gasteiger charge is -2.31. The van der Waals surface area contributed by atoms with Gasteiger partial charge >= 0.3 is 6.18 Å². The molecule has 1 rings (SSSR count). The predicted octanol–water partition coefficient (Wildman–Crippen LogP) is 3.11. The summed E-state index contributed by atoms with van der Waals surface area (Å²) < 4.78 is 61.6. The van der Waals surface area contributed by atoms with Gasteiger partial charge < -0.3 is 0 Å². The molecule has 1 aliphatic rings. The van der Waals surface area contributed by atoms with Gasteiger partial charge in [0.25, 0.3) is 10.1 Å². The number of rotatable bonds is 4. The molecule has 0 spiro atoms. The van der Waals surface area contributed by atoms with Crippen molar-refractivity contribution in [2.45, 2.75) is 36.9 Å². The van der Waals surface area contributed by atoms with E-state index in [1.807, 2.05) is 0 Å². The lowest BCUT2D eigenvalue weighted by molar-refractivity contribution is -0.161. The van der Waals surface area contributed by atoms with Crippen LogP contribution >= 0.6 is 23.2 Å². The van der Waals surface area contributed by atoms with Crippen molar-refractivity contribution in [2.24, 2.45) is 11.3 Å². The first-order valence-electron chi connectivity index (χ1n) is 5.01. The van der Waals surface area contributed by atoms with Crippen molar-refractivity contribution in [1.82, 2.24) is 0 Å². The number of halogens is 5. The molecular weight excluding hydrogens is 316 g/mol. The molecule has 1 fully saturated rings. The Labute approximate surface area is 114 Å². The van der Waals surface area contributed by atoms with E-state index in [4.69, 9.17) is 23.2 Å². The fraction of sp³-hybridized carbons (Fsp3) is 1.00. The molecule has 0 N–H and O–H groups in total. The summed E-state index contributed by atoms with van der Waals surface area (Å²) in [6.07, 6.45) is -5.80. The van der Waals surface area contributed by atoms with Crippen LogP contribution in [0.2, 0.25) is 0 Å². The van der Waals surface area contributed by atoms with Gasteiger partial charge in [-0.15, -0.1) is 0 Å². The molecule has 2 atom stereocenters. The first kappa shape index (κ1) is 16.3. The van der Waals surface area contributed by atoms with Crippen LogP contribution in [-0.2, 0) is 14.3 Å². The molecule has 0 aromatic heterocycles. The summed E-state index contributed by atoms with van der Waals surface area (Å²) in [6, 6.07) is 0. The summed E-state index contributed by atoms with van der Waals surface area (Å²) in [5.41, 5.74) is -0.477. The monoisotopic (exact) mass is 328 g/mol. The fourth-order valence-electron chi connectivity index (χ4n) is 1.75. The Morgan fingerprint density at radius 1 is 1.33 bits per heavy atom. The zero-order chi connectivity index (χ0) is 14.6. The summed E-state index contributed by atoms with van der Waals surface area (Å²) in [7, 11) is -4.09. The molecule has 0 saturated heterocycles.